The van der Waals surface area contributed by atoms with Crippen LogP contribution >= 0.6 is 0 Å². The van der Waals surface area contributed by atoms with Crippen molar-refractivity contribution in [3.05, 3.63) is 108 Å². The van der Waals surface area contributed by atoms with E-state index >= 15 is 0 Å². The second-order valence-corrected chi connectivity index (χ2v) is 10.6. The number of hydrogen-bond donors (Lipinski definition) is 1. The zero-order valence-corrected chi connectivity index (χ0v) is 22.5. The molecule has 1 aliphatic carbocycles. The molecule has 1 saturated carbocycles. The van der Waals surface area contributed by atoms with Gasteiger partial charge in [-0.2, -0.15) is 0 Å². The smallest absolute Gasteiger partial charge is 0.0190 e. The Balaban J connectivity index is 2.15. The zero-order chi connectivity index (χ0) is 25.0. The topological polar surface area (TPSA) is 12.0 Å². The van der Waals surface area contributed by atoms with E-state index in [0.29, 0.717) is 11.3 Å². The van der Waals surface area contributed by atoms with Crippen LogP contribution in [0.3, 0.4) is 0 Å². The summed E-state index contributed by atoms with van der Waals surface area (Å²) < 4.78 is 0. The molecule has 0 aromatic heterocycles. The zero-order valence-electron chi connectivity index (χ0n) is 22.5. The van der Waals surface area contributed by atoms with Gasteiger partial charge in [0.05, 0.1) is 0 Å². The molecule has 34 heavy (non-hydrogen) atoms. The summed E-state index contributed by atoms with van der Waals surface area (Å²) in [6.07, 6.45) is 22.4. The highest BCUT2D eigenvalue weighted by Gasteiger charge is 2.31. The van der Waals surface area contributed by atoms with Gasteiger partial charge in [-0.3, -0.25) is 0 Å². The van der Waals surface area contributed by atoms with Crippen LogP contribution in [0.5, 0.6) is 0 Å². The van der Waals surface area contributed by atoms with Crippen LogP contribution < -0.4 is 5.32 Å². The SMILES string of the molecule is C=C/C=C\C=C(/C)N/C(C)=C(\C=C\C(C)CC)/C=C(\C)CC1(C)CCC(c2ccccc2)CC1. The fourth-order valence-electron chi connectivity index (χ4n) is 4.91. The Hall–Kier alpha value is -2.54. The molecule has 1 N–H and O–H groups in total. The van der Waals surface area contributed by atoms with Crippen molar-refractivity contribution in [2.45, 2.75) is 86.0 Å². The maximum absolute atomic E-state index is 3.74. The molecule has 1 unspecified atom stereocenters. The fourth-order valence-corrected chi connectivity index (χ4v) is 4.91. The summed E-state index contributed by atoms with van der Waals surface area (Å²) in [4.78, 5) is 0. The molecule has 1 nitrogen and oxygen atoms in total. The van der Waals surface area contributed by atoms with E-state index in [0.717, 1.165) is 18.0 Å². The maximum atomic E-state index is 3.74. The van der Waals surface area contributed by atoms with Crippen molar-refractivity contribution in [2.24, 2.45) is 11.3 Å². The number of rotatable bonds is 11. The number of benzene rings is 1. The third kappa shape index (κ3) is 9.37. The Bertz CT molecular complexity index is 915. The van der Waals surface area contributed by atoms with Gasteiger partial charge >= 0.3 is 0 Å². The van der Waals surface area contributed by atoms with Gasteiger partial charge in [0.1, 0.15) is 0 Å². The molecule has 0 amide bonds. The second-order valence-electron chi connectivity index (χ2n) is 10.6. The summed E-state index contributed by atoms with van der Waals surface area (Å²) in [6, 6.07) is 11.1. The first kappa shape index (κ1) is 27.7. The van der Waals surface area contributed by atoms with Crippen molar-refractivity contribution >= 4 is 0 Å². The minimum Gasteiger partial charge on any atom is -0.362 e. The molecular formula is C33H47N. The Kier molecular flexibility index (Phi) is 11.4. The van der Waals surface area contributed by atoms with E-state index in [1.807, 2.05) is 12.2 Å². The first-order chi connectivity index (χ1) is 16.3. The molecule has 2 rings (SSSR count). The van der Waals surface area contributed by atoms with Crippen molar-refractivity contribution in [1.82, 2.24) is 5.32 Å². The molecule has 0 bridgehead atoms. The van der Waals surface area contributed by atoms with Crippen LogP contribution in [-0.2, 0) is 0 Å². The Morgan fingerprint density at radius 2 is 1.79 bits per heavy atom. The minimum atomic E-state index is 0.393. The molecular weight excluding hydrogens is 410 g/mol. The summed E-state index contributed by atoms with van der Waals surface area (Å²) in [5, 5.41) is 3.58. The molecule has 1 heteroatoms. The monoisotopic (exact) mass is 457 g/mol. The minimum absolute atomic E-state index is 0.393. The van der Waals surface area contributed by atoms with Crippen LogP contribution in [0.2, 0.25) is 0 Å². The Morgan fingerprint density at radius 1 is 1.12 bits per heavy atom. The van der Waals surface area contributed by atoms with Gasteiger partial charge in [0, 0.05) is 11.4 Å². The van der Waals surface area contributed by atoms with Gasteiger partial charge in [0.2, 0.25) is 0 Å². The summed E-state index contributed by atoms with van der Waals surface area (Å²) >= 11 is 0. The maximum Gasteiger partial charge on any atom is 0.0190 e. The van der Waals surface area contributed by atoms with Crippen LogP contribution in [0.15, 0.2) is 102 Å². The van der Waals surface area contributed by atoms with Gasteiger partial charge in [-0.25, -0.2) is 0 Å². The highest BCUT2D eigenvalue weighted by atomic mass is 14.9. The van der Waals surface area contributed by atoms with Gasteiger partial charge in [0.25, 0.3) is 0 Å². The van der Waals surface area contributed by atoms with Crippen LogP contribution in [0.4, 0.5) is 0 Å². The van der Waals surface area contributed by atoms with Crippen LogP contribution in [-0.4, -0.2) is 0 Å². The van der Waals surface area contributed by atoms with Gasteiger partial charge in [-0.1, -0.05) is 106 Å². The van der Waals surface area contributed by atoms with Crippen molar-refractivity contribution in [1.29, 1.82) is 0 Å². The molecule has 1 atom stereocenters. The van der Waals surface area contributed by atoms with E-state index in [1.165, 1.54) is 54.5 Å². The molecule has 0 radical (unpaired) electrons. The largest absolute Gasteiger partial charge is 0.362 e. The van der Waals surface area contributed by atoms with Crippen LogP contribution in [0.1, 0.15) is 91.5 Å². The molecule has 1 aromatic rings. The molecule has 0 saturated heterocycles. The summed E-state index contributed by atoms with van der Waals surface area (Å²) in [6.45, 7) is 17.4. The molecule has 1 fully saturated rings. The van der Waals surface area contributed by atoms with E-state index in [2.05, 4.69) is 108 Å². The number of nitrogens with one attached hydrogen (secondary N) is 1. The first-order valence-electron chi connectivity index (χ1n) is 13.1. The number of hydrogen-bond acceptors (Lipinski definition) is 1. The van der Waals surface area contributed by atoms with Crippen molar-refractivity contribution in [2.75, 3.05) is 0 Å². The normalized spacial score (nSPS) is 23.8. The third-order valence-corrected chi connectivity index (χ3v) is 7.23. The molecule has 0 heterocycles. The van der Waals surface area contributed by atoms with Crippen LogP contribution in [0, 0.1) is 11.3 Å². The average Bonchev–Trinajstić information content (AvgIpc) is 2.82. The molecule has 0 spiro atoms. The van der Waals surface area contributed by atoms with E-state index in [4.69, 9.17) is 0 Å². The summed E-state index contributed by atoms with van der Waals surface area (Å²) in [5.41, 5.74) is 6.98. The van der Waals surface area contributed by atoms with Crippen molar-refractivity contribution in [3.8, 4) is 0 Å². The Morgan fingerprint density at radius 3 is 2.41 bits per heavy atom. The third-order valence-electron chi connectivity index (χ3n) is 7.23. The number of allylic oxidation sites excluding steroid dienone is 11. The predicted octanol–water partition coefficient (Wildman–Crippen LogP) is 9.80. The quantitative estimate of drug-likeness (QED) is 0.326. The lowest BCUT2D eigenvalue weighted by atomic mass is 9.67. The fraction of sp³-hybridized carbons (Fsp3) is 0.455. The lowest BCUT2D eigenvalue weighted by molar-refractivity contribution is 0.197. The van der Waals surface area contributed by atoms with E-state index in [1.54, 1.807) is 6.08 Å². The average molecular weight is 458 g/mol. The predicted molar refractivity (Wildman–Crippen MR) is 152 cm³/mol. The highest BCUT2D eigenvalue weighted by Crippen LogP contribution is 2.46. The lowest BCUT2D eigenvalue weighted by Gasteiger charge is -2.38. The van der Waals surface area contributed by atoms with Gasteiger partial charge < -0.3 is 5.32 Å². The lowest BCUT2D eigenvalue weighted by Crippen LogP contribution is -2.24. The second kappa shape index (κ2) is 14.0. The standard InChI is InChI=1S/C33H47N/c1-8-10-12-15-28(5)34-29(6)32(19-18-26(3)9-2)24-27(4)25-33(7)22-20-31(21-23-33)30-16-13-11-14-17-30/h8,10-19,24,26,31,34H,1,9,20-23,25H2,2-7H3/b12-10-,19-18+,27-24+,28-15+,32-29+. The van der Waals surface area contributed by atoms with Gasteiger partial charge in [-0.05, 0) is 87.3 Å². The van der Waals surface area contributed by atoms with Crippen LogP contribution in [0.25, 0.3) is 0 Å². The van der Waals surface area contributed by atoms with Crippen molar-refractivity contribution in [3.63, 3.8) is 0 Å². The van der Waals surface area contributed by atoms with E-state index in [-0.39, 0.29) is 0 Å². The molecule has 1 aliphatic rings. The molecule has 1 aromatic carbocycles. The molecule has 0 aliphatic heterocycles. The summed E-state index contributed by atoms with van der Waals surface area (Å²) in [5.74, 6) is 1.30. The van der Waals surface area contributed by atoms with E-state index < -0.39 is 0 Å². The highest BCUT2D eigenvalue weighted by molar-refractivity contribution is 5.38. The van der Waals surface area contributed by atoms with Gasteiger partial charge in [-0.15, -0.1) is 0 Å². The Labute approximate surface area is 210 Å². The summed E-state index contributed by atoms with van der Waals surface area (Å²) in [7, 11) is 0. The van der Waals surface area contributed by atoms with Crippen molar-refractivity contribution < 1.29 is 0 Å². The molecule has 184 valence electrons. The van der Waals surface area contributed by atoms with E-state index in [9.17, 15) is 0 Å². The first-order valence-corrected chi connectivity index (χ1v) is 13.1. The van der Waals surface area contributed by atoms with Gasteiger partial charge in [0.15, 0.2) is 0 Å².